The number of nitrogens with zero attached hydrogens (tertiary/aromatic N) is 1. The Morgan fingerprint density at radius 3 is 2.53 bits per heavy atom. The first kappa shape index (κ1) is 13.5. The first-order valence-electron chi connectivity index (χ1n) is 6.04. The summed E-state index contributed by atoms with van der Waals surface area (Å²) >= 11 is 0. The highest BCUT2D eigenvalue weighted by atomic mass is 19.1. The van der Waals surface area contributed by atoms with Gasteiger partial charge in [0, 0.05) is 6.20 Å². The zero-order valence-corrected chi connectivity index (χ0v) is 11.3. The van der Waals surface area contributed by atoms with Gasteiger partial charge < -0.3 is 10.5 Å². The fraction of sp³-hybridized carbons (Fsp3) is 0.267. The fourth-order valence-corrected chi connectivity index (χ4v) is 2.14. The number of halogens is 1. The van der Waals surface area contributed by atoms with Crippen molar-refractivity contribution in [2.24, 2.45) is 5.73 Å². The Morgan fingerprint density at radius 1 is 1.16 bits per heavy atom. The smallest absolute Gasteiger partial charge is 0.141 e. The van der Waals surface area contributed by atoms with Crippen LogP contribution in [0.1, 0.15) is 28.3 Å². The third kappa shape index (κ3) is 2.74. The second kappa shape index (κ2) is 5.36. The van der Waals surface area contributed by atoms with Crippen molar-refractivity contribution in [2.45, 2.75) is 19.9 Å². The molecular formula is C15H17FN2O. The summed E-state index contributed by atoms with van der Waals surface area (Å²) in [5.74, 6) is 0.446. The topological polar surface area (TPSA) is 48.1 Å². The maximum Gasteiger partial charge on any atom is 0.141 e. The molecule has 0 saturated heterocycles. The molecule has 19 heavy (non-hydrogen) atoms. The van der Waals surface area contributed by atoms with Gasteiger partial charge in [-0.3, -0.25) is 4.98 Å². The normalized spacial score (nSPS) is 12.3. The van der Waals surface area contributed by atoms with E-state index in [2.05, 4.69) is 4.98 Å². The molecule has 3 nitrogen and oxygen atoms in total. The zero-order chi connectivity index (χ0) is 14.0. The Balaban J connectivity index is 2.44. The van der Waals surface area contributed by atoms with Crippen molar-refractivity contribution in [2.75, 3.05) is 7.11 Å². The summed E-state index contributed by atoms with van der Waals surface area (Å²) in [6.07, 6.45) is 2.76. The molecule has 0 radical (unpaired) electrons. The Kier molecular flexibility index (Phi) is 3.81. The Hall–Kier alpha value is -1.94. The lowest BCUT2D eigenvalue weighted by Crippen LogP contribution is -2.14. The van der Waals surface area contributed by atoms with E-state index >= 15 is 0 Å². The maximum absolute atomic E-state index is 13.2. The predicted molar refractivity (Wildman–Crippen MR) is 72.7 cm³/mol. The van der Waals surface area contributed by atoms with E-state index in [9.17, 15) is 4.39 Å². The molecule has 1 aromatic heterocycles. The maximum atomic E-state index is 13.2. The number of methoxy groups -OCH3 is 1. The third-order valence-electron chi connectivity index (χ3n) is 3.20. The minimum absolute atomic E-state index is 0.379. The van der Waals surface area contributed by atoms with E-state index in [4.69, 9.17) is 10.5 Å². The molecule has 0 fully saturated rings. The molecule has 2 rings (SSSR count). The van der Waals surface area contributed by atoms with Crippen molar-refractivity contribution >= 4 is 0 Å². The lowest BCUT2D eigenvalue weighted by molar-refractivity contribution is 0.411. The van der Waals surface area contributed by atoms with Crippen LogP contribution in [0.4, 0.5) is 4.39 Å². The lowest BCUT2D eigenvalue weighted by Gasteiger charge is -2.17. The van der Waals surface area contributed by atoms with Gasteiger partial charge >= 0.3 is 0 Å². The molecule has 1 aromatic carbocycles. The quantitative estimate of drug-likeness (QED) is 0.923. The molecular weight excluding hydrogens is 243 g/mol. The van der Waals surface area contributed by atoms with Crippen molar-refractivity contribution in [3.63, 3.8) is 0 Å². The Bertz CT molecular complexity index is 599. The average Bonchev–Trinajstić information content (AvgIpc) is 2.40. The SMILES string of the molecule is COc1cc(C)c(C(N)c2cncc(F)c2)cc1C. The highest BCUT2D eigenvalue weighted by Gasteiger charge is 2.14. The van der Waals surface area contributed by atoms with Crippen LogP contribution in [0.15, 0.2) is 30.6 Å². The van der Waals surface area contributed by atoms with E-state index in [1.807, 2.05) is 26.0 Å². The van der Waals surface area contributed by atoms with Gasteiger partial charge in [-0.25, -0.2) is 4.39 Å². The standard InChI is InChI=1S/C15H17FN2O/c1-9-5-14(19-3)10(2)4-13(9)15(17)11-6-12(16)8-18-7-11/h4-8,15H,17H2,1-3H3. The highest BCUT2D eigenvalue weighted by Crippen LogP contribution is 2.28. The van der Waals surface area contributed by atoms with Crippen molar-refractivity contribution in [3.8, 4) is 5.75 Å². The van der Waals surface area contributed by atoms with Crippen LogP contribution in [-0.2, 0) is 0 Å². The van der Waals surface area contributed by atoms with E-state index < -0.39 is 6.04 Å². The summed E-state index contributed by atoms with van der Waals surface area (Å²) in [4.78, 5) is 3.84. The number of benzene rings is 1. The van der Waals surface area contributed by atoms with E-state index in [-0.39, 0.29) is 5.82 Å². The van der Waals surface area contributed by atoms with Gasteiger partial charge in [-0.15, -0.1) is 0 Å². The van der Waals surface area contributed by atoms with Gasteiger partial charge in [-0.05, 0) is 48.2 Å². The minimum Gasteiger partial charge on any atom is -0.496 e. The molecule has 0 aliphatic carbocycles. The number of hydrogen-bond acceptors (Lipinski definition) is 3. The number of hydrogen-bond donors (Lipinski definition) is 1. The van der Waals surface area contributed by atoms with Gasteiger partial charge in [0.25, 0.3) is 0 Å². The second-order valence-corrected chi connectivity index (χ2v) is 4.59. The zero-order valence-electron chi connectivity index (χ0n) is 11.3. The van der Waals surface area contributed by atoms with Gasteiger partial charge in [-0.2, -0.15) is 0 Å². The first-order chi connectivity index (χ1) is 9.02. The van der Waals surface area contributed by atoms with Gasteiger partial charge in [-0.1, -0.05) is 6.07 Å². The van der Waals surface area contributed by atoms with Crippen LogP contribution in [0.5, 0.6) is 5.75 Å². The summed E-state index contributed by atoms with van der Waals surface area (Å²) in [6, 6.07) is 4.94. The number of pyridine rings is 1. The number of nitrogens with two attached hydrogens (primary N) is 1. The van der Waals surface area contributed by atoms with Gasteiger partial charge in [0.2, 0.25) is 0 Å². The Morgan fingerprint density at radius 2 is 1.89 bits per heavy atom. The second-order valence-electron chi connectivity index (χ2n) is 4.59. The van der Waals surface area contributed by atoms with E-state index in [0.29, 0.717) is 5.56 Å². The molecule has 100 valence electrons. The largest absolute Gasteiger partial charge is 0.496 e. The first-order valence-corrected chi connectivity index (χ1v) is 6.04. The van der Waals surface area contributed by atoms with E-state index in [1.54, 1.807) is 13.3 Å². The molecule has 0 amide bonds. The average molecular weight is 260 g/mol. The molecule has 1 unspecified atom stereocenters. The van der Waals surface area contributed by atoms with Crippen LogP contribution in [0.2, 0.25) is 0 Å². The van der Waals surface area contributed by atoms with Crippen LogP contribution in [0, 0.1) is 19.7 Å². The highest BCUT2D eigenvalue weighted by molar-refractivity contribution is 5.45. The molecule has 4 heteroatoms. The van der Waals surface area contributed by atoms with Crippen LogP contribution in [0.25, 0.3) is 0 Å². The molecule has 0 aliphatic rings. The van der Waals surface area contributed by atoms with E-state index in [1.165, 1.54) is 12.3 Å². The molecule has 2 aromatic rings. The summed E-state index contributed by atoms with van der Waals surface area (Å²) in [5.41, 5.74) is 9.82. The minimum atomic E-state index is -0.396. The Labute approximate surface area is 112 Å². The van der Waals surface area contributed by atoms with Crippen LogP contribution in [-0.4, -0.2) is 12.1 Å². The molecule has 0 spiro atoms. The molecule has 1 heterocycles. The molecule has 0 aliphatic heterocycles. The number of ether oxygens (including phenoxy) is 1. The molecule has 2 N–H and O–H groups in total. The van der Waals surface area contributed by atoms with E-state index in [0.717, 1.165) is 22.4 Å². The predicted octanol–water partition coefficient (Wildman–Crippen LogP) is 2.89. The lowest BCUT2D eigenvalue weighted by atomic mass is 9.94. The number of rotatable bonds is 3. The number of aryl methyl sites for hydroxylation is 2. The number of aromatic nitrogens is 1. The van der Waals surface area contributed by atoms with Gasteiger partial charge in [0.15, 0.2) is 0 Å². The summed E-state index contributed by atoms with van der Waals surface area (Å²) < 4.78 is 18.5. The van der Waals surface area contributed by atoms with Crippen molar-refractivity contribution in [1.82, 2.24) is 4.98 Å². The summed E-state index contributed by atoms with van der Waals surface area (Å²) in [7, 11) is 1.64. The fourth-order valence-electron chi connectivity index (χ4n) is 2.14. The van der Waals surface area contributed by atoms with Crippen LogP contribution >= 0.6 is 0 Å². The van der Waals surface area contributed by atoms with Gasteiger partial charge in [0.05, 0.1) is 19.3 Å². The third-order valence-corrected chi connectivity index (χ3v) is 3.20. The van der Waals surface area contributed by atoms with Crippen LogP contribution in [0.3, 0.4) is 0 Å². The molecule has 0 saturated carbocycles. The molecule has 1 atom stereocenters. The van der Waals surface area contributed by atoms with Crippen LogP contribution < -0.4 is 10.5 Å². The summed E-state index contributed by atoms with van der Waals surface area (Å²) in [5, 5.41) is 0. The van der Waals surface area contributed by atoms with Crippen molar-refractivity contribution in [3.05, 3.63) is 58.7 Å². The summed E-state index contributed by atoms with van der Waals surface area (Å²) in [6.45, 7) is 3.92. The van der Waals surface area contributed by atoms with Crippen molar-refractivity contribution < 1.29 is 9.13 Å². The van der Waals surface area contributed by atoms with Crippen molar-refractivity contribution in [1.29, 1.82) is 0 Å². The van der Waals surface area contributed by atoms with Gasteiger partial charge in [0.1, 0.15) is 11.6 Å². The molecule has 0 bridgehead atoms. The monoisotopic (exact) mass is 260 g/mol.